The van der Waals surface area contributed by atoms with Crippen molar-refractivity contribution in [3.8, 4) is 5.75 Å². The minimum absolute atomic E-state index is 0.128. The van der Waals surface area contributed by atoms with Gasteiger partial charge in [-0.05, 0) is 22.8 Å². The van der Waals surface area contributed by atoms with Crippen LogP contribution in [0.4, 0.5) is 0 Å². The highest BCUT2D eigenvalue weighted by molar-refractivity contribution is 5.71. The Labute approximate surface area is 229 Å². The molecule has 1 unspecified atom stereocenters. The molecule has 0 aromatic heterocycles. The Morgan fingerprint density at radius 2 is 1.10 bits per heavy atom. The lowest BCUT2D eigenvalue weighted by atomic mass is 10.1. The van der Waals surface area contributed by atoms with Gasteiger partial charge in [0.25, 0.3) is 0 Å². The van der Waals surface area contributed by atoms with E-state index in [0.29, 0.717) is 18.8 Å². The van der Waals surface area contributed by atoms with Crippen LogP contribution in [0, 0.1) is 0 Å². The van der Waals surface area contributed by atoms with Gasteiger partial charge in [-0.3, -0.25) is 4.79 Å². The van der Waals surface area contributed by atoms with E-state index in [1.165, 1.54) is 0 Å². The molecule has 200 valence electrons. The topological polar surface area (TPSA) is 63.2 Å². The Bertz CT molecular complexity index is 1270. The lowest BCUT2D eigenvalue weighted by Crippen LogP contribution is -2.49. The second kappa shape index (κ2) is 13.2. The number of carbonyl (C=O) groups excluding carboxylic acids is 1. The number of cyclic esters (lactones) is 1. The molecule has 0 bridgehead atoms. The van der Waals surface area contributed by atoms with Crippen LogP contribution in [0.5, 0.6) is 5.75 Å². The quantitative estimate of drug-likeness (QED) is 0.146. The molecule has 0 spiro atoms. The molecule has 1 aliphatic heterocycles. The predicted octanol–water partition coefficient (Wildman–Crippen LogP) is 6.58. The molecular weight excluding hydrogens is 492 g/mol. The first-order chi connectivity index (χ1) is 19.2. The number of carbonyl (C=O) groups is 1. The van der Waals surface area contributed by atoms with E-state index in [0.717, 1.165) is 22.3 Å². The second-order valence-corrected chi connectivity index (χ2v) is 9.34. The third kappa shape index (κ3) is 7.33. The summed E-state index contributed by atoms with van der Waals surface area (Å²) in [4.78, 5) is 12.2. The van der Waals surface area contributed by atoms with Crippen LogP contribution in [0.1, 0.15) is 35.1 Å². The van der Waals surface area contributed by atoms with Crippen molar-refractivity contribution >= 4 is 5.97 Å². The molecule has 1 atom stereocenters. The first kappa shape index (κ1) is 26.6. The largest absolute Gasteiger partial charge is 0.489 e. The van der Waals surface area contributed by atoms with Gasteiger partial charge in [0, 0.05) is 18.4 Å². The minimum atomic E-state index is -1.62. The molecule has 39 heavy (non-hydrogen) atoms. The summed E-state index contributed by atoms with van der Waals surface area (Å²) in [5.74, 6) is -1.22. The summed E-state index contributed by atoms with van der Waals surface area (Å²) in [5.41, 5.74) is 3.79. The summed E-state index contributed by atoms with van der Waals surface area (Å²) in [6, 6.07) is 37.3. The molecular formula is C33H32O6. The van der Waals surface area contributed by atoms with Gasteiger partial charge >= 0.3 is 11.9 Å². The van der Waals surface area contributed by atoms with Gasteiger partial charge in [-0.2, -0.15) is 0 Å². The lowest BCUT2D eigenvalue weighted by Gasteiger charge is -2.37. The first-order valence-corrected chi connectivity index (χ1v) is 13.1. The molecule has 5 rings (SSSR count). The Balaban J connectivity index is 1.39. The highest BCUT2D eigenvalue weighted by Crippen LogP contribution is 2.34. The van der Waals surface area contributed by atoms with Crippen LogP contribution in [0.15, 0.2) is 115 Å². The van der Waals surface area contributed by atoms with Gasteiger partial charge in [0.1, 0.15) is 12.4 Å². The number of hydrogen-bond acceptors (Lipinski definition) is 6. The standard InChI is InChI=1S/C33H32O6/c34-32-21-20-31(39-32)33(36-23-27-14-6-2-7-15-27,37-24-28-16-8-3-9-17-28)38-25-29-18-10-11-19-30(29)35-22-26-12-4-1-5-13-26/h1-19,31H,20-25H2. The molecule has 0 radical (unpaired) electrons. The first-order valence-electron chi connectivity index (χ1n) is 13.1. The van der Waals surface area contributed by atoms with Gasteiger partial charge in [-0.25, -0.2) is 0 Å². The van der Waals surface area contributed by atoms with E-state index < -0.39 is 12.1 Å². The Morgan fingerprint density at radius 3 is 1.64 bits per heavy atom. The van der Waals surface area contributed by atoms with Crippen molar-refractivity contribution in [2.75, 3.05) is 0 Å². The molecule has 1 fully saturated rings. The summed E-state index contributed by atoms with van der Waals surface area (Å²) in [6.45, 7) is 0.993. The van der Waals surface area contributed by atoms with E-state index in [9.17, 15) is 4.79 Å². The zero-order chi connectivity index (χ0) is 26.8. The fourth-order valence-corrected chi connectivity index (χ4v) is 4.37. The summed E-state index contributed by atoms with van der Waals surface area (Å²) in [6.07, 6.45) is -0.0281. The molecule has 4 aromatic carbocycles. The summed E-state index contributed by atoms with van der Waals surface area (Å²) >= 11 is 0. The molecule has 0 aliphatic carbocycles. The molecule has 0 saturated carbocycles. The van der Waals surface area contributed by atoms with Gasteiger partial charge in [-0.1, -0.05) is 109 Å². The molecule has 4 aromatic rings. The summed E-state index contributed by atoms with van der Waals surface area (Å²) < 4.78 is 31.1. The van der Waals surface area contributed by atoms with E-state index in [4.69, 9.17) is 23.7 Å². The molecule has 0 amide bonds. The van der Waals surface area contributed by atoms with Crippen LogP contribution in [0.2, 0.25) is 0 Å². The fraction of sp³-hybridized carbons (Fsp3) is 0.242. The van der Waals surface area contributed by atoms with Crippen molar-refractivity contribution in [2.24, 2.45) is 0 Å². The van der Waals surface area contributed by atoms with Crippen molar-refractivity contribution in [1.29, 1.82) is 0 Å². The van der Waals surface area contributed by atoms with Crippen LogP contribution in [-0.2, 0) is 50.2 Å². The van der Waals surface area contributed by atoms with Gasteiger partial charge in [0.05, 0.1) is 19.8 Å². The van der Waals surface area contributed by atoms with Crippen molar-refractivity contribution in [1.82, 2.24) is 0 Å². The van der Waals surface area contributed by atoms with Crippen LogP contribution in [0.3, 0.4) is 0 Å². The summed E-state index contributed by atoms with van der Waals surface area (Å²) in [7, 11) is 0. The predicted molar refractivity (Wildman–Crippen MR) is 146 cm³/mol. The van der Waals surface area contributed by atoms with Gasteiger partial charge in [0.2, 0.25) is 0 Å². The highest BCUT2D eigenvalue weighted by atomic mass is 16.9. The van der Waals surface area contributed by atoms with Crippen molar-refractivity contribution in [3.05, 3.63) is 138 Å². The maximum absolute atomic E-state index is 12.2. The fourth-order valence-electron chi connectivity index (χ4n) is 4.37. The average molecular weight is 525 g/mol. The molecule has 0 N–H and O–H groups in total. The molecule has 1 saturated heterocycles. The van der Waals surface area contributed by atoms with E-state index in [1.54, 1.807) is 0 Å². The number of hydrogen-bond donors (Lipinski definition) is 0. The van der Waals surface area contributed by atoms with Crippen molar-refractivity contribution in [2.45, 2.75) is 51.3 Å². The third-order valence-corrected chi connectivity index (χ3v) is 6.48. The number of esters is 1. The smallest absolute Gasteiger partial charge is 0.323 e. The number of benzene rings is 4. The van der Waals surface area contributed by atoms with Crippen LogP contribution in [-0.4, -0.2) is 18.0 Å². The molecule has 1 heterocycles. The maximum atomic E-state index is 12.2. The van der Waals surface area contributed by atoms with Gasteiger partial charge < -0.3 is 23.7 Å². The maximum Gasteiger partial charge on any atom is 0.323 e. The Kier molecular flexibility index (Phi) is 9.01. The van der Waals surface area contributed by atoms with E-state index in [1.807, 2.05) is 115 Å². The van der Waals surface area contributed by atoms with E-state index in [-0.39, 0.29) is 32.2 Å². The molecule has 6 heteroatoms. The third-order valence-electron chi connectivity index (χ3n) is 6.48. The Hall–Kier alpha value is -3.97. The van der Waals surface area contributed by atoms with Crippen molar-refractivity contribution in [3.63, 3.8) is 0 Å². The Morgan fingerprint density at radius 1 is 0.615 bits per heavy atom. The number of rotatable bonds is 13. The zero-order valence-electron chi connectivity index (χ0n) is 21.7. The van der Waals surface area contributed by atoms with E-state index >= 15 is 0 Å². The van der Waals surface area contributed by atoms with E-state index in [2.05, 4.69) is 0 Å². The average Bonchev–Trinajstić information content (AvgIpc) is 3.44. The lowest BCUT2D eigenvalue weighted by molar-refractivity contribution is -0.422. The van der Waals surface area contributed by atoms with Gasteiger partial charge in [-0.15, -0.1) is 0 Å². The van der Waals surface area contributed by atoms with Gasteiger partial charge in [0.15, 0.2) is 6.10 Å². The van der Waals surface area contributed by atoms with Crippen LogP contribution in [0.25, 0.3) is 0 Å². The SMILES string of the molecule is O=C1CCC(C(OCc2ccccc2)(OCc2ccccc2)OCc2ccccc2OCc2ccccc2)O1. The minimum Gasteiger partial charge on any atom is -0.489 e. The molecule has 1 aliphatic rings. The van der Waals surface area contributed by atoms with Crippen molar-refractivity contribution < 1.29 is 28.5 Å². The second-order valence-electron chi connectivity index (χ2n) is 9.34. The monoisotopic (exact) mass is 524 g/mol. The summed E-state index contributed by atoms with van der Waals surface area (Å²) in [5, 5.41) is 0. The van der Waals surface area contributed by atoms with Crippen LogP contribution >= 0.6 is 0 Å². The highest BCUT2D eigenvalue weighted by Gasteiger charge is 2.49. The normalized spacial score (nSPS) is 15.2. The zero-order valence-corrected chi connectivity index (χ0v) is 21.7. The number of ether oxygens (including phenoxy) is 5. The molecule has 6 nitrogen and oxygen atoms in total. The number of para-hydroxylation sites is 1. The van der Waals surface area contributed by atoms with Crippen LogP contribution < -0.4 is 4.74 Å².